The minimum Gasteiger partial charge on any atom is -0.309 e. The number of nitrogens with zero attached hydrogens (tertiary/aromatic N) is 3. The molecule has 0 saturated carbocycles. The van der Waals surface area contributed by atoms with Crippen LogP contribution in [-0.2, 0) is 0 Å². The van der Waals surface area contributed by atoms with E-state index in [4.69, 9.17) is 0 Å². The minimum absolute atomic E-state index is 0.102. The smallest absolute Gasteiger partial charge is 0.261 e. The van der Waals surface area contributed by atoms with Gasteiger partial charge in [-0.15, -0.1) is 0 Å². The molecule has 24 heavy (non-hydrogen) atoms. The monoisotopic (exact) mass is 323 g/mol. The number of para-hydroxylation sites is 1. The molecule has 1 heterocycles. The van der Waals surface area contributed by atoms with Gasteiger partial charge >= 0.3 is 0 Å². The molecular weight excluding hydrogens is 305 g/mol. The summed E-state index contributed by atoms with van der Waals surface area (Å²) in [5.41, 5.74) is 2.82. The summed E-state index contributed by atoms with van der Waals surface area (Å²) in [4.78, 5) is 14.6. The van der Waals surface area contributed by atoms with E-state index in [0.717, 1.165) is 17.1 Å². The Morgan fingerprint density at radius 3 is 2.42 bits per heavy atom. The molecule has 2 aromatic carbocycles. The molecule has 0 atom stereocenters. The number of aromatic nitrogens is 2. The first-order valence-electron chi connectivity index (χ1n) is 7.79. The summed E-state index contributed by atoms with van der Waals surface area (Å²) in [6.45, 7) is 4.33. The predicted molar refractivity (Wildman–Crippen MR) is 92.1 cm³/mol. The van der Waals surface area contributed by atoms with Crippen molar-refractivity contribution in [2.45, 2.75) is 13.8 Å². The van der Waals surface area contributed by atoms with Crippen molar-refractivity contribution >= 4 is 11.6 Å². The van der Waals surface area contributed by atoms with Crippen molar-refractivity contribution < 1.29 is 9.18 Å². The summed E-state index contributed by atoms with van der Waals surface area (Å²) in [6.07, 6.45) is 1.56. The Labute approximate surface area is 140 Å². The quantitative estimate of drug-likeness (QED) is 0.728. The third-order valence-corrected chi connectivity index (χ3v) is 3.94. The average Bonchev–Trinajstić information content (AvgIpc) is 2.99. The molecule has 0 saturated heterocycles. The topological polar surface area (TPSA) is 38.1 Å². The van der Waals surface area contributed by atoms with Gasteiger partial charge in [0.1, 0.15) is 5.82 Å². The summed E-state index contributed by atoms with van der Waals surface area (Å²) >= 11 is 0. The maximum atomic E-state index is 13.1. The standard InChI is InChI=1S/C19H18FN3O/c1-3-22(16-7-5-4-6-8-16)19(24)18-13-21-23(14(18)2)17-11-9-15(20)10-12-17/h4-13H,3H2,1-2H3. The highest BCUT2D eigenvalue weighted by Gasteiger charge is 2.21. The third kappa shape index (κ3) is 2.93. The highest BCUT2D eigenvalue weighted by atomic mass is 19.1. The summed E-state index contributed by atoms with van der Waals surface area (Å²) < 4.78 is 14.7. The Balaban J connectivity index is 1.95. The first-order valence-corrected chi connectivity index (χ1v) is 7.79. The molecule has 0 radical (unpaired) electrons. The zero-order valence-corrected chi connectivity index (χ0v) is 13.6. The van der Waals surface area contributed by atoms with Crippen LogP contribution in [-0.4, -0.2) is 22.2 Å². The van der Waals surface area contributed by atoms with Gasteiger partial charge in [-0.05, 0) is 50.2 Å². The molecule has 122 valence electrons. The lowest BCUT2D eigenvalue weighted by atomic mass is 10.2. The van der Waals surface area contributed by atoms with E-state index in [-0.39, 0.29) is 11.7 Å². The van der Waals surface area contributed by atoms with Crippen LogP contribution in [0.1, 0.15) is 23.0 Å². The van der Waals surface area contributed by atoms with Gasteiger partial charge in [-0.3, -0.25) is 4.79 Å². The van der Waals surface area contributed by atoms with E-state index in [1.54, 1.807) is 27.9 Å². The van der Waals surface area contributed by atoms with Crippen LogP contribution in [0.15, 0.2) is 60.8 Å². The molecule has 0 aliphatic carbocycles. The van der Waals surface area contributed by atoms with Gasteiger partial charge in [-0.25, -0.2) is 9.07 Å². The lowest BCUT2D eigenvalue weighted by Crippen LogP contribution is -2.30. The van der Waals surface area contributed by atoms with Gasteiger partial charge < -0.3 is 4.90 Å². The zero-order chi connectivity index (χ0) is 17.1. The highest BCUT2D eigenvalue weighted by Crippen LogP contribution is 2.20. The fourth-order valence-corrected chi connectivity index (χ4v) is 2.66. The first kappa shape index (κ1) is 15.9. The summed E-state index contributed by atoms with van der Waals surface area (Å²) in [6, 6.07) is 15.6. The number of rotatable bonds is 4. The van der Waals surface area contributed by atoms with Gasteiger partial charge in [0.15, 0.2) is 0 Å². The average molecular weight is 323 g/mol. The molecule has 5 heteroatoms. The van der Waals surface area contributed by atoms with Crippen molar-refractivity contribution in [3.63, 3.8) is 0 Å². The van der Waals surface area contributed by atoms with E-state index in [1.165, 1.54) is 12.1 Å². The lowest BCUT2D eigenvalue weighted by molar-refractivity contribution is 0.0987. The summed E-state index contributed by atoms with van der Waals surface area (Å²) in [5.74, 6) is -0.407. The van der Waals surface area contributed by atoms with Gasteiger partial charge in [-0.1, -0.05) is 18.2 Å². The van der Waals surface area contributed by atoms with Crippen molar-refractivity contribution in [1.82, 2.24) is 9.78 Å². The van der Waals surface area contributed by atoms with Crippen molar-refractivity contribution in [1.29, 1.82) is 0 Å². The molecule has 4 nitrogen and oxygen atoms in total. The molecule has 0 fully saturated rings. The molecule has 0 spiro atoms. The minimum atomic E-state index is -0.305. The van der Waals surface area contributed by atoms with Gasteiger partial charge in [0, 0.05) is 12.2 Å². The van der Waals surface area contributed by atoms with Crippen LogP contribution in [0.3, 0.4) is 0 Å². The SMILES string of the molecule is CCN(C(=O)c1cnn(-c2ccc(F)cc2)c1C)c1ccccc1. The number of benzene rings is 2. The number of halogens is 1. The third-order valence-electron chi connectivity index (χ3n) is 3.94. The number of hydrogen-bond acceptors (Lipinski definition) is 2. The van der Waals surface area contributed by atoms with Crippen LogP contribution >= 0.6 is 0 Å². The van der Waals surface area contributed by atoms with E-state index in [1.807, 2.05) is 44.2 Å². The Morgan fingerprint density at radius 1 is 1.12 bits per heavy atom. The zero-order valence-electron chi connectivity index (χ0n) is 13.6. The molecule has 1 aromatic heterocycles. The Bertz CT molecular complexity index is 841. The highest BCUT2D eigenvalue weighted by molar-refractivity contribution is 6.06. The number of anilines is 1. The lowest BCUT2D eigenvalue weighted by Gasteiger charge is -2.20. The molecule has 3 rings (SSSR count). The van der Waals surface area contributed by atoms with E-state index < -0.39 is 0 Å². The van der Waals surface area contributed by atoms with Gasteiger partial charge in [0.25, 0.3) is 5.91 Å². The molecule has 0 aliphatic heterocycles. The molecule has 1 amide bonds. The Kier molecular flexibility index (Phi) is 4.42. The second-order valence-electron chi connectivity index (χ2n) is 5.42. The normalized spacial score (nSPS) is 10.6. The first-order chi connectivity index (χ1) is 11.6. The number of carbonyl (C=O) groups is 1. The molecule has 0 N–H and O–H groups in total. The molecule has 0 aliphatic rings. The van der Waals surface area contributed by atoms with Crippen LogP contribution in [0.4, 0.5) is 10.1 Å². The van der Waals surface area contributed by atoms with Gasteiger partial charge in [0.2, 0.25) is 0 Å². The van der Waals surface area contributed by atoms with Crippen molar-refractivity contribution in [2.24, 2.45) is 0 Å². The van der Waals surface area contributed by atoms with Gasteiger partial charge in [0.05, 0.1) is 23.1 Å². The second-order valence-corrected chi connectivity index (χ2v) is 5.42. The van der Waals surface area contributed by atoms with Crippen molar-refractivity contribution in [3.05, 3.63) is 77.9 Å². The summed E-state index contributed by atoms with van der Waals surface area (Å²) in [5, 5.41) is 4.29. The Morgan fingerprint density at radius 2 is 1.79 bits per heavy atom. The van der Waals surface area contributed by atoms with Crippen molar-refractivity contribution in [3.8, 4) is 5.69 Å². The maximum Gasteiger partial charge on any atom is 0.261 e. The van der Waals surface area contributed by atoms with E-state index in [9.17, 15) is 9.18 Å². The molecule has 3 aromatic rings. The number of carbonyl (C=O) groups excluding carboxylic acids is 1. The fourth-order valence-electron chi connectivity index (χ4n) is 2.66. The van der Waals surface area contributed by atoms with E-state index >= 15 is 0 Å². The fraction of sp³-hybridized carbons (Fsp3) is 0.158. The second kappa shape index (κ2) is 6.66. The van der Waals surface area contributed by atoms with Crippen LogP contribution in [0, 0.1) is 12.7 Å². The van der Waals surface area contributed by atoms with Crippen LogP contribution in [0.5, 0.6) is 0 Å². The summed E-state index contributed by atoms with van der Waals surface area (Å²) in [7, 11) is 0. The molecule has 0 unspecified atom stereocenters. The maximum absolute atomic E-state index is 13.1. The number of amides is 1. The van der Waals surface area contributed by atoms with Crippen LogP contribution in [0.2, 0.25) is 0 Å². The molecular formula is C19H18FN3O. The largest absolute Gasteiger partial charge is 0.309 e. The Hall–Kier alpha value is -2.95. The van der Waals surface area contributed by atoms with E-state index in [0.29, 0.717) is 12.1 Å². The number of hydrogen-bond donors (Lipinski definition) is 0. The van der Waals surface area contributed by atoms with Crippen molar-refractivity contribution in [2.75, 3.05) is 11.4 Å². The predicted octanol–water partition coefficient (Wildman–Crippen LogP) is 3.99. The van der Waals surface area contributed by atoms with E-state index in [2.05, 4.69) is 5.10 Å². The van der Waals surface area contributed by atoms with Gasteiger partial charge in [-0.2, -0.15) is 5.10 Å². The molecule has 0 bridgehead atoms. The van der Waals surface area contributed by atoms with Crippen LogP contribution < -0.4 is 4.90 Å². The van der Waals surface area contributed by atoms with Crippen LogP contribution in [0.25, 0.3) is 5.69 Å².